The molecule has 1 aromatic heterocycles. The Labute approximate surface area is 222 Å². The maximum Gasteiger partial charge on any atom is 0.330 e. The summed E-state index contributed by atoms with van der Waals surface area (Å²) >= 11 is 0. The molecular formula is C24H34N4O11. The topological polar surface area (TPSA) is 204 Å². The minimum atomic E-state index is -1.71. The van der Waals surface area contributed by atoms with Gasteiger partial charge in [-0.3, -0.25) is 28.8 Å². The number of aromatic amines is 1. The van der Waals surface area contributed by atoms with Crippen molar-refractivity contribution < 1.29 is 44.2 Å². The molecule has 15 heteroatoms. The minimum Gasteiger partial charge on any atom is -0.387 e. The lowest BCUT2D eigenvalue weighted by Gasteiger charge is -2.38. The van der Waals surface area contributed by atoms with Crippen LogP contribution in [-0.2, 0) is 23.8 Å². The third-order valence-electron chi connectivity index (χ3n) is 7.40. The van der Waals surface area contributed by atoms with Crippen molar-refractivity contribution in [1.29, 1.82) is 0 Å². The number of Topliss-reactive ketones (excluding diaryl/α,β-unsaturated/α-hetero) is 1. The number of likely N-dealkylation sites (N-methyl/N-ethyl adjacent to an activating group) is 2. The number of H-pyrrole nitrogens is 1. The van der Waals surface area contributed by atoms with Crippen molar-refractivity contribution in [2.75, 3.05) is 20.6 Å². The van der Waals surface area contributed by atoms with E-state index in [-0.39, 0.29) is 18.0 Å². The van der Waals surface area contributed by atoms with Crippen LogP contribution in [0.5, 0.6) is 0 Å². The van der Waals surface area contributed by atoms with E-state index < -0.39 is 78.4 Å². The summed E-state index contributed by atoms with van der Waals surface area (Å²) < 4.78 is 18.5. The molecule has 15 nitrogen and oxygen atoms in total. The summed E-state index contributed by atoms with van der Waals surface area (Å²) in [5.74, 6) is -0.970. The van der Waals surface area contributed by atoms with Crippen LogP contribution in [0.4, 0.5) is 0 Å². The zero-order valence-corrected chi connectivity index (χ0v) is 21.9. The van der Waals surface area contributed by atoms with E-state index in [9.17, 15) is 39.6 Å². The molecule has 2 fully saturated rings. The molecule has 3 aliphatic heterocycles. The van der Waals surface area contributed by atoms with Crippen molar-refractivity contribution in [1.82, 2.24) is 19.4 Å². The Morgan fingerprint density at radius 2 is 1.79 bits per heavy atom. The molecular weight excluding hydrogens is 520 g/mol. The number of aliphatic hydroxyl groups excluding tert-OH is 4. The van der Waals surface area contributed by atoms with Crippen molar-refractivity contribution >= 4 is 11.7 Å². The second-order valence-electron chi connectivity index (χ2n) is 9.95. The van der Waals surface area contributed by atoms with Crippen LogP contribution in [0, 0.1) is 0 Å². The van der Waals surface area contributed by atoms with E-state index in [0.717, 1.165) is 21.7 Å². The number of nitrogens with one attached hydrogen (secondary N) is 1. The first-order valence-corrected chi connectivity index (χ1v) is 12.6. The highest BCUT2D eigenvalue weighted by atomic mass is 16.7. The fraction of sp³-hybridized carbons (Fsp3) is 0.667. The first-order valence-electron chi connectivity index (χ1n) is 12.6. The third kappa shape index (κ3) is 5.36. The molecule has 0 bridgehead atoms. The SMILES string of the molecule is CCC1OC(O[C@H](C2OC(n3ccc(=O)[nH]c3=O)C(O)C2O)C2C(=O)N(C)C(C(C)=O)=CCN2C)C(O)C1O. The zero-order chi connectivity index (χ0) is 28.8. The van der Waals surface area contributed by atoms with Crippen molar-refractivity contribution in [3.8, 4) is 0 Å². The molecule has 9 unspecified atom stereocenters. The summed E-state index contributed by atoms with van der Waals surface area (Å²) in [4.78, 5) is 54.5. The fourth-order valence-electron chi connectivity index (χ4n) is 5.22. The Balaban J connectivity index is 1.73. The van der Waals surface area contributed by atoms with Gasteiger partial charge in [0.05, 0.1) is 11.8 Å². The Morgan fingerprint density at radius 1 is 1.10 bits per heavy atom. The number of hydrogen-bond donors (Lipinski definition) is 5. The number of carbonyl (C=O) groups is 2. The van der Waals surface area contributed by atoms with E-state index in [1.165, 1.54) is 18.9 Å². The monoisotopic (exact) mass is 554 g/mol. The van der Waals surface area contributed by atoms with E-state index in [4.69, 9.17) is 14.2 Å². The molecule has 4 heterocycles. The van der Waals surface area contributed by atoms with E-state index in [2.05, 4.69) is 0 Å². The van der Waals surface area contributed by atoms with Gasteiger partial charge in [-0.25, -0.2) is 4.79 Å². The molecule has 2 saturated heterocycles. The average molecular weight is 555 g/mol. The van der Waals surface area contributed by atoms with Gasteiger partial charge < -0.3 is 39.5 Å². The summed E-state index contributed by atoms with van der Waals surface area (Å²) in [6.45, 7) is 3.16. The van der Waals surface area contributed by atoms with Crippen LogP contribution < -0.4 is 11.2 Å². The Bertz CT molecular complexity index is 1230. The number of ketones is 1. The van der Waals surface area contributed by atoms with Crippen LogP contribution in [0.25, 0.3) is 0 Å². The zero-order valence-electron chi connectivity index (χ0n) is 21.9. The van der Waals surface area contributed by atoms with Gasteiger partial charge >= 0.3 is 5.69 Å². The van der Waals surface area contributed by atoms with Gasteiger partial charge in [-0.15, -0.1) is 0 Å². The molecule has 1 aromatic rings. The highest BCUT2D eigenvalue weighted by Gasteiger charge is 2.55. The first kappa shape index (κ1) is 29.2. The fourth-order valence-corrected chi connectivity index (χ4v) is 5.22. The van der Waals surface area contributed by atoms with Crippen LogP contribution in [0.2, 0.25) is 0 Å². The molecule has 0 spiro atoms. The van der Waals surface area contributed by atoms with Gasteiger partial charge in [0, 0.05) is 32.8 Å². The van der Waals surface area contributed by atoms with Gasteiger partial charge in [-0.1, -0.05) is 6.92 Å². The van der Waals surface area contributed by atoms with Crippen LogP contribution >= 0.6 is 0 Å². The van der Waals surface area contributed by atoms with Gasteiger partial charge in [0.2, 0.25) is 5.91 Å². The maximum absolute atomic E-state index is 13.7. The molecule has 0 saturated carbocycles. The van der Waals surface area contributed by atoms with Gasteiger partial charge in [-0.2, -0.15) is 0 Å². The first-order chi connectivity index (χ1) is 18.4. The van der Waals surface area contributed by atoms with E-state index in [1.54, 1.807) is 20.0 Å². The quantitative estimate of drug-likeness (QED) is 0.224. The maximum atomic E-state index is 13.7. The second kappa shape index (κ2) is 11.4. The summed E-state index contributed by atoms with van der Waals surface area (Å²) in [6.07, 6.45) is -9.80. The van der Waals surface area contributed by atoms with Crippen molar-refractivity contribution in [2.45, 2.75) is 81.6 Å². The number of amides is 1. The number of allylic oxidation sites excluding steroid dienone is 1. The average Bonchev–Trinajstić information content (AvgIpc) is 3.28. The van der Waals surface area contributed by atoms with Crippen molar-refractivity contribution in [3.63, 3.8) is 0 Å². The Kier molecular flexibility index (Phi) is 8.53. The molecule has 5 N–H and O–H groups in total. The summed E-state index contributed by atoms with van der Waals surface area (Å²) in [7, 11) is 2.98. The molecule has 10 atom stereocenters. The summed E-state index contributed by atoms with van der Waals surface area (Å²) in [6, 6.07) is -0.207. The lowest BCUT2D eigenvalue weighted by atomic mass is 9.97. The molecule has 0 aliphatic carbocycles. The number of aromatic nitrogens is 2. The molecule has 4 rings (SSSR count). The van der Waals surface area contributed by atoms with Crippen LogP contribution in [-0.4, -0.2) is 127 Å². The van der Waals surface area contributed by atoms with Gasteiger partial charge in [0.1, 0.15) is 42.7 Å². The Hall–Kier alpha value is -2.76. The largest absolute Gasteiger partial charge is 0.387 e. The molecule has 216 valence electrons. The van der Waals surface area contributed by atoms with Crippen molar-refractivity contribution in [3.05, 3.63) is 44.9 Å². The van der Waals surface area contributed by atoms with Gasteiger partial charge in [0.15, 0.2) is 18.3 Å². The number of carbonyl (C=O) groups excluding carboxylic acids is 2. The number of hydrogen-bond acceptors (Lipinski definition) is 12. The number of aliphatic hydroxyl groups is 4. The number of rotatable bonds is 7. The van der Waals surface area contributed by atoms with Crippen LogP contribution in [0.3, 0.4) is 0 Å². The number of nitrogens with zero attached hydrogens (tertiary/aromatic N) is 3. The predicted octanol–water partition coefficient (Wildman–Crippen LogP) is -3.36. The van der Waals surface area contributed by atoms with Crippen LogP contribution in [0.1, 0.15) is 26.5 Å². The lowest BCUT2D eigenvalue weighted by molar-refractivity contribution is -0.233. The normalized spacial score (nSPS) is 36.6. The summed E-state index contributed by atoms with van der Waals surface area (Å²) in [5, 5.41) is 42.9. The molecule has 39 heavy (non-hydrogen) atoms. The molecule has 1 amide bonds. The van der Waals surface area contributed by atoms with Crippen molar-refractivity contribution in [2.24, 2.45) is 0 Å². The molecule has 3 aliphatic rings. The predicted molar refractivity (Wildman–Crippen MR) is 131 cm³/mol. The highest BCUT2D eigenvalue weighted by molar-refractivity contribution is 5.98. The number of ether oxygens (including phenoxy) is 3. The Morgan fingerprint density at radius 3 is 2.38 bits per heavy atom. The van der Waals surface area contributed by atoms with Crippen LogP contribution in [0.15, 0.2) is 33.6 Å². The van der Waals surface area contributed by atoms with Gasteiger partial charge in [0.25, 0.3) is 5.56 Å². The molecule has 0 aromatic carbocycles. The standard InChI is InChI=1S/C24H34N4O11/c1-5-12-15(31)18(34)23(37-12)39-19(14-21(35)27(4)11(10(2)29)6-8-26(14)3)20-16(32)17(33)22(38-20)28-9-7-13(30)25-24(28)36/h6-7,9,12,14-20,22-23,31-34H,5,8H2,1-4H3,(H,25,30,36)/t12?,14?,15?,16?,17?,18?,19-,20?,22?,23?/m0/s1. The van der Waals surface area contributed by atoms with E-state index in [1.807, 2.05) is 4.98 Å². The highest BCUT2D eigenvalue weighted by Crippen LogP contribution is 2.36. The minimum absolute atomic E-state index is 0.109. The molecule has 0 radical (unpaired) electrons. The lowest BCUT2D eigenvalue weighted by Crippen LogP contribution is -2.59. The third-order valence-corrected chi connectivity index (χ3v) is 7.40. The van der Waals surface area contributed by atoms with Gasteiger partial charge in [-0.05, 0) is 19.5 Å². The second-order valence-corrected chi connectivity index (χ2v) is 9.95. The smallest absolute Gasteiger partial charge is 0.330 e. The van der Waals surface area contributed by atoms with E-state index >= 15 is 0 Å². The van der Waals surface area contributed by atoms with E-state index in [0.29, 0.717) is 6.42 Å². The summed E-state index contributed by atoms with van der Waals surface area (Å²) in [5.41, 5.74) is -1.45.